The van der Waals surface area contributed by atoms with Gasteiger partial charge in [-0.25, -0.2) is 4.98 Å². The maximum absolute atomic E-state index is 12.7. The number of hydrogen-bond donors (Lipinski definition) is 1. The second-order valence-corrected chi connectivity index (χ2v) is 7.48. The lowest BCUT2D eigenvalue weighted by Gasteiger charge is -2.08. The molecule has 4 rings (SSSR count). The van der Waals surface area contributed by atoms with Crippen LogP contribution < -0.4 is 20.3 Å². The van der Waals surface area contributed by atoms with Gasteiger partial charge in [0.1, 0.15) is 17.2 Å². The van der Waals surface area contributed by atoms with E-state index < -0.39 is 0 Å². The Labute approximate surface area is 179 Å². The van der Waals surface area contributed by atoms with Crippen LogP contribution in [0.5, 0.6) is 11.5 Å². The molecule has 1 aliphatic rings. The molecule has 162 valence electrons. The quantitative estimate of drug-likeness (QED) is 0.595. The second-order valence-electron chi connectivity index (χ2n) is 7.48. The fraction of sp³-hybridized carbons (Fsp3) is 0.364. The fourth-order valence-corrected chi connectivity index (χ4v) is 3.42. The zero-order valence-corrected chi connectivity index (χ0v) is 17.8. The molecule has 9 nitrogen and oxygen atoms in total. The number of hydrogen-bond acceptors (Lipinski definition) is 6. The van der Waals surface area contributed by atoms with E-state index in [1.807, 2.05) is 6.07 Å². The van der Waals surface area contributed by atoms with Crippen LogP contribution in [0.25, 0.3) is 11.3 Å². The summed E-state index contributed by atoms with van der Waals surface area (Å²) in [4.78, 5) is 29.3. The van der Waals surface area contributed by atoms with Gasteiger partial charge in [0.2, 0.25) is 0 Å². The van der Waals surface area contributed by atoms with E-state index in [0.29, 0.717) is 41.9 Å². The third-order valence-electron chi connectivity index (χ3n) is 5.33. The number of methoxy groups -OCH3 is 2. The highest BCUT2D eigenvalue weighted by Gasteiger charge is 2.25. The minimum atomic E-state index is -0.279. The van der Waals surface area contributed by atoms with Gasteiger partial charge < -0.3 is 14.8 Å². The highest BCUT2D eigenvalue weighted by Crippen LogP contribution is 2.38. The Bertz CT molecular complexity index is 1160. The van der Waals surface area contributed by atoms with E-state index in [2.05, 4.69) is 15.4 Å². The van der Waals surface area contributed by atoms with E-state index in [1.165, 1.54) is 9.25 Å². The van der Waals surface area contributed by atoms with Crippen LogP contribution >= 0.6 is 0 Å². The topological polar surface area (TPSA) is 100 Å². The lowest BCUT2D eigenvalue weighted by Crippen LogP contribution is -2.32. The standard InChI is InChI=1S/C22H25N5O4/c1-26-19(11-18(25-26)16-10-15(30-2)6-7-20(16)31-3)22(29)23-8-9-27-13-24-17(12-21(27)28)14-4-5-14/h6-7,10-14H,4-5,8-9H2,1-3H3,(H,23,29). The molecule has 2 aromatic heterocycles. The Hall–Kier alpha value is -3.62. The number of amides is 1. The molecule has 0 unspecified atom stereocenters. The van der Waals surface area contributed by atoms with Gasteiger partial charge in [-0.3, -0.25) is 18.8 Å². The number of rotatable bonds is 8. The van der Waals surface area contributed by atoms with Gasteiger partial charge in [-0.1, -0.05) is 0 Å². The Kier molecular flexibility index (Phi) is 5.75. The van der Waals surface area contributed by atoms with E-state index in [4.69, 9.17) is 9.47 Å². The van der Waals surface area contributed by atoms with Crippen LogP contribution in [0.4, 0.5) is 0 Å². The fourth-order valence-electron chi connectivity index (χ4n) is 3.42. The van der Waals surface area contributed by atoms with Crippen LogP contribution in [-0.2, 0) is 13.6 Å². The molecule has 0 radical (unpaired) electrons. The third kappa shape index (κ3) is 4.45. The second kappa shape index (κ2) is 8.63. The molecule has 31 heavy (non-hydrogen) atoms. The molecule has 1 aliphatic carbocycles. The summed E-state index contributed by atoms with van der Waals surface area (Å²) in [6, 6.07) is 8.70. The summed E-state index contributed by atoms with van der Waals surface area (Å²) in [5.41, 5.74) is 2.48. The van der Waals surface area contributed by atoms with Crippen molar-refractivity contribution in [1.29, 1.82) is 0 Å². The van der Waals surface area contributed by atoms with Gasteiger partial charge in [0.05, 0.1) is 31.9 Å². The SMILES string of the molecule is COc1ccc(OC)c(-c2cc(C(=O)NCCn3cnc(C4CC4)cc3=O)n(C)n2)c1. The van der Waals surface area contributed by atoms with Crippen LogP contribution in [0.1, 0.15) is 34.9 Å². The zero-order valence-electron chi connectivity index (χ0n) is 17.8. The molecule has 0 atom stereocenters. The Balaban J connectivity index is 1.44. The van der Waals surface area contributed by atoms with Crippen molar-refractivity contribution < 1.29 is 14.3 Å². The molecule has 3 aromatic rings. The first-order valence-corrected chi connectivity index (χ1v) is 10.1. The smallest absolute Gasteiger partial charge is 0.269 e. The molecule has 1 fully saturated rings. The van der Waals surface area contributed by atoms with E-state index in [9.17, 15) is 9.59 Å². The number of aryl methyl sites for hydroxylation is 1. The molecular formula is C22H25N5O4. The first-order chi connectivity index (χ1) is 15.0. The average molecular weight is 423 g/mol. The van der Waals surface area contributed by atoms with E-state index in [1.54, 1.807) is 51.9 Å². The number of nitrogens with one attached hydrogen (secondary N) is 1. The lowest BCUT2D eigenvalue weighted by atomic mass is 10.1. The third-order valence-corrected chi connectivity index (χ3v) is 5.33. The van der Waals surface area contributed by atoms with Crippen molar-refractivity contribution in [3.8, 4) is 22.8 Å². The number of aromatic nitrogens is 4. The Morgan fingerprint density at radius 1 is 1.19 bits per heavy atom. The number of ether oxygens (including phenoxy) is 2. The van der Waals surface area contributed by atoms with Gasteiger partial charge in [-0.2, -0.15) is 5.10 Å². The molecular weight excluding hydrogens is 398 g/mol. The first-order valence-electron chi connectivity index (χ1n) is 10.1. The van der Waals surface area contributed by atoms with Crippen LogP contribution in [0.15, 0.2) is 41.5 Å². The summed E-state index contributed by atoms with van der Waals surface area (Å²) in [7, 11) is 4.87. The van der Waals surface area contributed by atoms with Gasteiger partial charge in [0.15, 0.2) is 0 Å². The van der Waals surface area contributed by atoms with Gasteiger partial charge >= 0.3 is 0 Å². The van der Waals surface area contributed by atoms with Crippen molar-refractivity contribution >= 4 is 5.91 Å². The molecule has 0 bridgehead atoms. The molecule has 1 saturated carbocycles. The van der Waals surface area contributed by atoms with Gasteiger partial charge in [0, 0.05) is 37.7 Å². The summed E-state index contributed by atoms with van der Waals surface area (Å²) in [6.45, 7) is 0.642. The van der Waals surface area contributed by atoms with Crippen LogP contribution in [0, 0.1) is 0 Å². The number of carbonyl (C=O) groups is 1. The number of benzene rings is 1. The predicted molar refractivity (Wildman–Crippen MR) is 115 cm³/mol. The first kappa shape index (κ1) is 20.6. The van der Waals surface area contributed by atoms with E-state index >= 15 is 0 Å². The van der Waals surface area contributed by atoms with Crippen molar-refractivity contribution in [2.75, 3.05) is 20.8 Å². The summed E-state index contributed by atoms with van der Waals surface area (Å²) >= 11 is 0. The van der Waals surface area contributed by atoms with Crippen molar-refractivity contribution in [3.63, 3.8) is 0 Å². The molecule has 0 aliphatic heterocycles. The molecule has 0 saturated heterocycles. The number of carbonyl (C=O) groups excluding carboxylic acids is 1. The summed E-state index contributed by atoms with van der Waals surface area (Å²) in [5, 5.41) is 7.29. The Morgan fingerprint density at radius 3 is 2.68 bits per heavy atom. The largest absolute Gasteiger partial charge is 0.497 e. The van der Waals surface area contributed by atoms with Gasteiger partial charge in [-0.05, 0) is 37.1 Å². The molecule has 0 spiro atoms. The lowest BCUT2D eigenvalue weighted by molar-refractivity contribution is 0.0942. The monoisotopic (exact) mass is 423 g/mol. The number of nitrogens with zero attached hydrogens (tertiary/aromatic N) is 4. The highest BCUT2D eigenvalue weighted by atomic mass is 16.5. The maximum Gasteiger partial charge on any atom is 0.269 e. The van der Waals surface area contributed by atoms with Crippen LogP contribution in [0.3, 0.4) is 0 Å². The van der Waals surface area contributed by atoms with E-state index in [-0.39, 0.29) is 11.5 Å². The summed E-state index contributed by atoms with van der Waals surface area (Å²) < 4.78 is 13.7. The minimum Gasteiger partial charge on any atom is -0.497 e. The van der Waals surface area contributed by atoms with Crippen LogP contribution in [-0.4, -0.2) is 46.0 Å². The zero-order chi connectivity index (χ0) is 22.0. The Morgan fingerprint density at radius 2 is 2.00 bits per heavy atom. The molecule has 1 N–H and O–H groups in total. The molecule has 1 aromatic carbocycles. The van der Waals surface area contributed by atoms with Crippen molar-refractivity contribution in [1.82, 2.24) is 24.6 Å². The van der Waals surface area contributed by atoms with Crippen molar-refractivity contribution in [2.45, 2.75) is 25.3 Å². The molecule has 2 heterocycles. The predicted octanol–water partition coefficient (Wildman–Crippen LogP) is 1.97. The van der Waals surface area contributed by atoms with Gasteiger partial charge in [-0.15, -0.1) is 0 Å². The molecule has 9 heteroatoms. The maximum atomic E-state index is 12.7. The van der Waals surface area contributed by atoms with Crippen molar-refractivity contribution in [2.24, 2.45) is 7.05 Å². The normalized spacial score (nSPS) is 13.1. The van der Waals surface area contributed by atoms with Crippen LogP contribution in [0.2, 0.25) is 0 Å². The summed E-state index contributed by atoms with van der Waals surface area (Å²) in [5.74, 6) is 1.45. The molecule has 1 amide bonds. The summed E-state index contributed by atoms with van der Waals surface area (Å²) in [6.07, 6.45) is 3.75. The van der Waals surface area contributed by atoms with Gasteiger partial charge in [0.25, 0.3) is 11.5 Å². The highest BCUT2D eigenvalue weighted by molar-refractivity contribution is 5.93. The average Bonchev–Trinajstić information content (AvgIpc) is 3.55. The van der Waals surface area contributed by atoms with E-state index in [0.717, 1.165) is 24.1 Å². The van der Waals surface area contributed by atoms with Crippen molar-refractivity contribution in [3.05, 3.63) is 58.4 Å². The minimum absolute atomic E-state index is 0.0981.